The molecule has 0 unspecified atom stereocenters. The zero-order valence-corrected chi connectivity index (χ0v) is 9.47. The predicted molar refractivity (Wildman–Crippen MR) is 37.9 cm³/mol. The number of nitrogens with zero attached hydrogens (tertiary/aromatic N) is 2. The van der Waals surface area contributed by atoms with E-state index in [2.05, 4.69) is 4.98 Å². The third-order valence-electron chi connectivity index (χ3n) is 1.17. The molecule has 1 aromatic heterocycles. The van der Waals surface area contributed by atoms with E-state index in [1.807, 2.05) is 0 Å². The quantitative estimate of drug-likeness (QED) is 0.461. The molecule has 1 N–H and O–H groups in total. The molecule has 0 atom stereocenters. The van der Waals surface area contributed by atoms with Gasteiger partial charge < -0.3 is 5.11 Å². The van der Waals surface area contributed by atoms with Crippen LogP contribution < -0.4 is 0 Å². The van der Waals surface area contributed by atoms with E-state index < -0.39 is 10.9 Å². The summed E-state index contributed by atoms with van der Waals surface area (Å²) in [5.41, 5.74) is -0.605. The first kappa shape index (κ1) is 11.6. The minimum absolute atomic E-state index is 0. The Hall–Kier alpha value is -1.36. The second-order valence-electron chi connectivity index (χ2n) is 1.96. The van der Waals surface area contributed by atoms with Gasteiger partial charge in [-0.25, -0.2) is 9.78 Å². The molecule has 0 saturated heterocycles. The SMILES string of the molecule is O=C(O)c1cc([N+](=O)[O-])ccn1.[Zn]. The first-order chi connectivity index (χ1) is 5.61. The molecule has 1 rings (SSSR count). The number of carboxylic acids is 1. The molecule has 6 nitrogen and oxygen atoms in total. The molecule has 7 heteroatoms. The van der Waals surface area contributed by atoms with Crippen molar-refractivity contribution in [3.05, 3.63) is 34.1 Å². The van der Waals surface area contributed by atoms with Crippen molar-refractivity contribution in [2.45, 2.75) is 0 Å². The molecule has 0 saturated carbocycles. The molecule has 64 valence electrons. The van der Waals surface area contributed by atoms with Crippen LogP contribution in [0.4, 0.5) is 5.69 Å². The van der Waals surface area contributed by atoms with E-state index in [1.165, 1.54) is 0 Å². The molecule has 0 aliphatic carbocycles. The zero-order chi connectivity index (χ0) is 9.14. The molecule has 1 heterocycles. The van der Waals surface area contributed by atoms with E-state index in [9.17, 15) is 14.9 Å². The van der Waals surface area contributed by atoms with Gasteiger partial charge in [0.2, 0.25) is 0 Å². The summed E-state index contributed by atoms with van der Waals surface area (Å²) in [6.07, 6.45) is 1.08. The average molecular weight is 233 g/mol. The maximum absolute atomic E-state index is 10.3. The van der Waals surface area contributed by atoms with E-state index in [0.29, 0.717) is 0 Å². The van der Waals surface area contributed by atoms with Gasteiger partial charge in [-0.15, -0.1) is 0 Å². The van der Waals surface area contributed by atoms with Crippen LogP contribution >= 0.6 is 0 Å². The van der Waals surface area contributed by atoms with Crippen molar-refractivity contribution in [3.63, 3.8) is 0 Å². The van der Waals surface area contributed by atoms with E-state index in [-0.39, 0.29) is 30.9 Å². The molecular formula is C6H4N2O4Zn. The standard InChI is InChI=1S/C6H4N2O4.Zn/c9-6(10)5-3-4(8(11)12)1-2-7-5;/h1-3H,(H,9,10);. The van der Waals surface area contributed by atoms with Crippen LogP contribution in [0.1, 0.15) is 10.5 Å². The second kappa shape index (κ2) is 4.62. The largest absolute Gasteiger partial charge is 0.477 e. The van der Waals surface area contributed by atoms with Crippen molar-refractivity contribution < 1.29 is 34.3 Å². The van der Waals surface area contributed by atoms with Crippen molar-refractivity contribution in [3.8, 4) is 0 Å². The summed E-state index contributed by atoms with van der Waals surface area (Å²) in [6, 6.07) is 2.04. The van der Waals surface area contributed by atoms with Gasteiger partial charge in [0.25, 0.3) is 5.69 Å². The molecule has 0 bridgehead atoms. The normalized spacial score (nSPS) is 8.62. The zero-order valence-electron chi connectivity index (χ0n) is 6.51. The molecule has 0 radical (unpaired) electrons. The second-order valence-corrected chi connectivity index (χ2v) is 1.96. The third-order valence-corrected chi connectivity index (χ3v) is 1.17. The van der Waals surface area contributed by atoms with Crippen LogP contribution in [0, 0.1) is 10.1 Å². The summed E-state index contributed by atoms with van der Waals surface area (Å²) in [5.74, 6) is -1.28. The molecule has 13 heavy (non-hydrogen) atoms. The number of pyridine rings is 1. The number of rotatable bonds is 2. The summed E-state index contributed by atoms with van der Waals surface area (Å²) < 4.78 is 0. The fourth-order valence-electron chi connectivity index (χ4n) is 0.650. The van der Waals surface area contributed by atoms with Crippen LogP contribution in [-0.2, 0) is 19.5 Å². The molecule has 0 spiro atoms. The first-order valence-corrected chi connectivity index (χ1v) is 2.95. The minimum Gasteiger partial charge on any atom is -0.477 e. The van der Waals surface area contributed by atoms with Crippen molar-refractivity contribution in [2.75, 3.05) is 0 Å². The molecule has 0 aliphatic rings. The fourth-order valence-corrected chi connectivity index (χ4v) is 0.650. The van der Waals surface area contributed by atoms with Gasteiger partial charge in [-0.3, -0.25) is 10.1 Å². The van der Waals surface area contributed by atoms with Gasteiger partial charge in [-0.2, -0.15) is 0 Å². The number of aromatic nitrogens is 1. The number of carboxylic acid groups (broad SMARTS) is 1. The average Bonchev–Trinajstić information content (AvgIpc) is 2.04. The summed E-state index contributed by atoms with van der Waals surface area (Å²) in [5, 5.41) is 18.6. The Bertz CT molecular complexity index is 312. The number of carbonyl (C=O) groups is 1. The van der Waals surface area contributed by atoms with Crippen LogP contribution in [0.2, 0.25) is 0 Å². The Labute approximate surface area is 85.5 Å². The molecule has 0 amide bonds. The number of hydrogen-bond donors (Lipinski definition) is 1. The summed E-state index contributed by atoms with van der Waals surface area (Å²) in [7, 11) is 0. The topological polar surface area (TPSA) is 93.3 Å². The van der Waals surface area contributed by atoms with E-state index in [4.69, 9.17) is 5.11 Å². The Kier molecular flexibility index (Phi) is 4.13. The van der Waals surface area contributed by atoms with Gasteiger partial charge >= 0.3 is 5.97 Å². The van der Waals surface area contributed by atoms with E-state index >= 15 is 0 Å². The molecule has 1 aromatic rings. The van der Waals surface area contributed by atoms with Crippen LogP contribution in [0.15, 0.2) is 18.3 Å². The number of nitro groups is 1. The Morgan fingerprint density at radius 2 is 2.23 bits per heavy atom. The smallest absolute Gasteiger partial charge is 0.354 e. The van der Waals surface area contributed by atoms with Crippen molar-refractivity contribution >= 4 is 11.7 Å². The predicted octanol–water partition coefficient (Wildman–Crippen LogP) is 0.685. The summed E-state index contributed by atoms with van der Waals surface area (Å²) in [4.78, 5) is 23.2. The maximum atomic E-state index is 10.3. The van der Waals surface area contributed by atoms with Crippen LogP contribution in [0.5, 0.6) is 0 Å². The third kappa shape index (κ3) is 2.87. The Morgan fingerprint density at radius 1 is 1.62 bits per heavy atom. The van der Waals surface area contributed by atoms with Gasteiger partial charge in [-0.05, 0) is 0 Å². The van der Waals surface area contributed by atoms with Crippen LogP contribution in [0.25, 0.3) is 0 Å². The number of aromatic carboxylic acids is 1. The Balaban J connectivity index is 0.00000144. The summed E-state index contributed by atoms with van der Waals surface area (Å²) >= 11 is 0. The molecule has 0 fully saturated rings. The van der Waals surface area contributed by atoms with Crippen molar-refractivity contribution in [1.29, 1.82) is 0 Å². The van der Waals surface area contributed by atoms with Crippen molar-refractivity contribution in [2.24, 2.45) is 0 Å². The molecule has 0 aromatic carbocycles. The first-order valence-electron chi connectivity index (χ1n) is 2.95. The molecular weight excluding hydrogens is 229 g/mol. The van der Waals surface area contributed by atoms with Gasteiger partial charge in [0.15, 0.2) is 5.69 Å². The number of hydrogen-bond acceptors (Lipinski definition) is 4. The summed E-state index contributed by atoms with van der Waals surface area (Å²) in [6.45, 7) is 0. The van der Waals surface area contributed by atoms with Gasteiger partial charge in [0, 0.05) is 37.8 Å². The van der Waals surface area contributed by atoms with Crippen molar-refractivity contribution in [1.82, 2.24) is 4.98 Å². The van der Waals surface area contributed by atoms with Crippen LogP contribution in [0.3, 0.4) is 0 Å². The fraction of sp³-hybridized carbons (Fsp3) is 0. The molecule has 0 aliphatic heterocycles. The monoisotopic (exact) mass is 232 g/mol. The minimum atomic E-state index is -1.28. The van der Waals surface area contributed by atoms with Crippen LogP contribution in [-0.4, -0.2) is 21.0 Å². The van der Waals surface area contributed by atoms with Gasteiger partial charge in [0.1, 0.15) is 0 Å². The van der Waals surface area contributed by atoms with E-state index in [1.54, 1.807) is 0 Å². The van der Waals surface area contributed by atoms with Gasteiger partial charge in [-0.1, -0.05) is 0 Å². The maximum Gasteiger partial charge on any atom is 0.354 e. The van der Waals surface area contributed by atoms with E-state index in [0.717, 1.165) is 18.3 Å². The van der Waals surface area contributed by atoms with Gasteiger partial charge in [0.05, 0.1) is 4.92 Å². The Morgan fingerprint density at radius 3 is 2.69 bits per heavy atom.